The maximum Gasteiger partial charge on any atom is 0.264 e. The van der Waals surface area contributed by atoms with Crippen LogP contribution in [0.2, 0.25) is 0 Å². The first-order valence-corrected chi connectivity index (χ1v) is 11.1. The second-order valence-corrected chi connectivity index (χ2v) is 8.52. The van der Waals surface area contributed by atoms with Crippen LogP contribution in [-0.4, -0.2) is 51.9 Å². The van der Waals surface area contributed by atoms with Crippen molar-refractivity contribution >= 4 is 28.7 Å². The fraction of sp³-hybridized carbons (Fsp3) is 0.478. The number of alkyl halides is 3. The number of fused-ring (bicyclic) bond motifs is 1. The second-order valence-electron chi connectivity index (χ2n) is 7.99. The number of aromatic nitrogens is 2. The number of likely N-dealkylation sites (tertiary alicyclic amines) is 1. The predicted molar refractivity (Wildman–Crippen MR) is 121 cm³/mol. The molecule has 3 rings (SSSR count). The molecule has 0 N–H and O–H groups in total. The molecule has 6 nitrogen and oxygen atoms in total. The Morgan fingerprint density at radius 2 is 2.12 bits per heavy atom. The molecule has 1 saturated heterocycles. The lowest BCUT2D eigenvalue weighted by Gasteiger charge is -2.23. The summed E-state index contributed by atoms with van der Waals surface area (Å²) in [5.74, 6) is -0.196. The third-order valence-corrected chi connectivity index (χ3v) is 5.64. The largest absolute Gasteiger partial charge is 0.364 e. The number of nitriles is 1. The van der Waals surface area contributed by atoms with Crippen molar-refractivity contribution < 1.29 is 22.7 Å². The standard InChI is InChI=1S/C21H22F2N4O2S.C2H5F/c1-4-13(10-24)15(19(22)23)8-9-29-18-20(28)27(12-21(18,2)3)11-14-6-5-7-16-17(14)26-30-25-16;1-2-3/h4-8,18-19H,9,11-12H2,1-3H3;2H2,1H3/b13-4-,15-8+;. The van der Waals surface area contributed by atoms with Crippen LogP contribution in [0.25, 0.3) is 11.0 Å². The molecular weight excluding hydrogens is 453 g/mol. The van der Waals surface area contributed by atoms with Crippen LogP contribution >= 0.6 is 11.7 Å². The molecule has 1 aliphatic rings. The molecule has 2 heterocycles. The van der Waals surface area contributed by atoms with E-state index in [4.69, 9.17) is 10.00 Å². The molecule has 1 amide bonds. The number of amides is 1. The van der Waals surface area contributed by atoms with Gasteiger partial charge in [0, 0.05) is 29.6 Å². The molecule has 33 heavy (non-hydrogen) atoms. The Hall–Kier alpha value is -2.77. The van der Waals surface area contributed by atoms with Gasteiger partial charge in [0.1, 0.15) is 17.1 Å². The lowest BCUT2D eigenvalue weighted by molar-refractivity contribution is -0.139. The van der Waals surface area contributed by atoms with Gasteiger partial charge in [0.25, 0.3) is 12.3 Å². The number of halogens is 3. The molecule has 1 aromatic heterocycles. The molecular formula is C23H27F3N4O2S. The number of rotatable bonds is 7. The normalized spacial score (nSPS) is 18.5. The third kappa shape index (κ3) is 6.39. The summed E-state index contributed by atoms with van der Waals surface area (Å²) in [7, 11) is 0. The van der Waals surface area contributed by atoms with Crippen LogP contribution in [0.5, 0.6) is 0 Å². The minimum Gasteiger partial charge on any atom is -0.364 e. The van der Waals surface area contributed by atoms with Crippen LogP contribution in [-0.2, 0) is 16.1 Å². The smallest absolute Gasteiger partial charge is 0.264 e. The van der Waals surface area contributed by atoms with Gasteiger partial charge < -0.3 is 9.64 Å². The lowest BCUT2D eigenvalue weighted by Crippen LogP contribution is -2.34. The van der Waals surface area contributed by atoms with Crippen molar-refractivity contribution in [3.63, 3.8) is 0 Å². The fourth-order valence-corrected chi connectivity index (χ4v) is 4.19. The van der Waals surface area contributed by atoms with E-state index in [1.165, 1.54) is 26.0 Å². The van der Waals surface area contributed by atoms with Gasteiger partial charge in [-0.1, -0.05) is 32.1 Å². The van der Waals surface area contributed by atoms with E-state index >= 15 is 0 Å². The zero-order valence-corrected chi connectivity index (χ0v) is 19.8. The molecule has 0 bridgehead atoms. The summed E-state index contributed by atoms with van der Waals surface area (Å²) < 4.78 is 51.1. The quantitative estimate of drug-likeness (QED) is 0.408. The van der Waals surface area contributed by atoms with Crippen molar-refractivity contribution in [1.82, 2.24) is 13.6 Å². The Bertz CT molecular complexity index is 1060. The molecule has 1 atom stereocenters. The Kier molecular flexibility index (Phi) is 9.56. The minimum atomic E-state index is -2.80. The number of ether oxygens (including phenoxy) is 1. The highest BCUT2D eigenvalue weighted by molar-refractivity contribution is 7.00. The first-order valence-electron chi connectivity index (χ1n) is 10.4. The third-order valence-electron chi connectivity index (χ3n) is 5.10. The molecule has 10 heteroatoms. The summed E-state index contributed by atoms with van der Waals surface area (Å²) in [4.78, 5) is 14.7. The molecule has 2 aromatic rings. The van der Waals surface area contributed by atoms with Crippen molar-refractivity contribution in [2.45, 2.75) is 46.8 Å². The molecule has 1 fully saturated rings. The molecule has 0 spiro atoms. The van der Waals surface area contributed by atoms with Crippen LogP contribution in [0.1, 0.15) is 33.3 Å². The summed E-state index contributed by atoms with van der Waals surface area (Å²) >= 11 is 1.12. The Morgan fingerprint density at radius 1 is 1.42 bits per heavy atom. The topological polar surface area (TPSA) is 79.1 Å². The number of hydrogen-bond donors (Lipinski definition) is 0. The van der Waals surface area contributed by atoms with E-state index in [9.17, 15) is 18.0 Å². The van der Waals surface area contributed by atoms with E-state index in [2.05, 4.69) is 8.75 Å². The van der Waals surface area contributed by atoms with Gasteiger partial charge in [-0.3, -0.25) is 9.18 Å². The fourth-order valence-electron chi connectivity index (χ4n) is 3.63. The van der Waals surface area contributed by atoms with E-state index in [-0.39, 0.29) is 30.3 Å². The Balaban J connectivity index is 0.00000122. The summed E-state index contributed by atoms with van der Waals surface area (Å²) in [6.45, 7) is 7.21. The Labute approximate surface area is 195 Å². The summed E-state index contributed by atoms with van der Waals surface area (Å²) in [6.07, 6.45) is -1.05. The van der Waals surface area contributed by atoms with E-state index in [1.54, 1.807) is 11.0 Å². The van der Waals surface area contributed by atoms with Gasteiger partial charge >= 0.3 is 0 Å². The number of carbonyl (C=O) groups excluding carboxylic acids is 1. The van der Waals surface area contributed by atoms with Crippen molar-refractivity contribution in [2.24, 2.45) is 5.41 Å². The maximum absolute atomic E-state index is 13.3. The van der Waals surface area contributed by atoms with Crippen molar-refractivity contribution in [1.29, 1.82) is 5.26 Å². The van der Waals surface area contributed by atoms with Gasteiger partial charge in [0.05, 0.1) is 36.7 Å². The van der Waals surface area contributed by atoms with E-state index in [0.29, 0.717) is 13.1 Å². The molecule has 1 unspecified atom stereocenters. The summed E-state index contributed by atoms with van der Waals surface area (Å²) in [5.41, 5.74) is 1.48. The van der Waals surface area contributed by atoms with Crippen LogP contribution in [0.4, 0.5) is 13.2 Å². The average Bonchev–Trinajstić information content (AvgIpc) is 3.32. The molecule has 1 aliphatic heterocycles. The molecule has 0 radical (unpaired) electrons. The number of carbonyl (C=O) groups is 1. The van der Waals surface area contributed by atoms with Crippen molar-refractivity contribution in [3.8, 4) is 6.07 Å². The SMILES string of the molecule is C/C=C(C#N)\C(=C/COC1C(=O)N(Cc2cccc3nsnc23)CC1(C)C)C(F)F.CCF. The molecule has 0 saturated carbocycles. The van der Waals surface area contributed by atoms with Gasteiger partial charge in [-0.15, -0.1) is 0 Å². The molecule has 0 aliphatic carbocycles. The number of allylic oxidation sites excluding steroid dienone is 3. The van der Waals surface area contributed by atoms with Crippen LogP contribution in [0, 0.1) is 16.7 Å². The van der Waals surface area contributed by atoms with Gasteiger partial charge in [-0.2, -0.15) is 14.0 Å². The number of benzene rings is 1. The van der Waals surface area contributed by atoms with E-state index in [0.717, 1.165) is 28.3 Å². The lowest BCUT2D eigenvalue weighted by atomic mass is 9.89. The van der Waals surface area contributed by atoms with E-state index < -0.39 is 17.9 Å². The minimum absolute atomic E-state index is 0.0998. The zero-order chi connectivity index (χ0) is 24.6. The monoisotopic (exact) mass is 480 g/mol. The number of nitrogens with zero attached hydrogens (tertiary/aromatic N) is 4. The first-order chi connectivity index (χ1) is 15.7. The molecule has 178 valence electrons. The van der Waals surface area contributed by atoms with Crippen LogP contribution in [0.15, 0.2) is 41.5 Å². The summed E-state index contributed by atoms with van der Waals surface area (Å²) in [6, 6.07) is 7.42. The van der Waals surface area contributed by atoms with Gasteiger partial charge in [0.15, 0.2) is 0 Å². The van der Waals surface area contributed by atoms with Crippen molar-refractivity contribution in [2.75, 3.05) is 19.8 Å². The predicted octanol–water partition coefficient (Wildman–Crippen LogP) is 5.08. The maximum atomic E-state index is 13.3. The number of hydrogen-bond acceptors (Lipinski definition) is 6. The summed E-state index contributed by atoms with van der Waals surface area (Å²) in [5, 5.41) is 9.01. The Morgan fingerprint density at radius 3 is 2.73 bits per heavy atom. The van der Waals surface area contributed by atoms with Crippen LogP contribution in [0.3, 0.4) is 0 Å². The highest BCUT2D eigenvalue weighted by atomic mass is 32.1. The highest BCUT2D eigenvalue weighted by Gasteiger charge is 2.47. The average molecular weight is 481 g/mol. The zero-order valence-electron chi connectivity index (χ0n) is 19.0. The van der Waals surface area contributed by atoms with Crippen LogP contribution < -0.4 is 0 Å². The van der Waals surface area contributed by atoms with Crippen molar-refractivity contribution in [3.05, 3.63) is 47.1 Å². The van der Waals surface area contributed by atoms with Gasteiger partial charge in [-0.05, 0) is 26.0 Å². The van der Waals surface area contributed by atoms with Gasteiger partial charge in [0.2, 0.25) is 0 Å². The highest BCUT2D eigenvalue weighted by Crippen LogP contribution is 2.34. The van der Waals surface area contributed by atoms with Gasteiger partial charge in [-0.25, -0.2) is 8.78 Å². The second kappa shape index (κ2) is 11.9. The first kappa shape index (κ1) is 26.5. The molecule has 1 aromatic carbocycles. The van der Waals surface area contributed by atoms with E-state index in [1.807, 2.05) is 32.0 Å².